The molecular weight excluding hydrogens is 274 g/mol. The van der Waals surface area contributed by atoms with Crippen molar-refractivity contribution in [1.29, 1.82) is 0 Å². The van der Waals surface area contributed by atoms with Crippen molar-refractivity contribution in [2.75, 3.05) is 5.32 Å². The predicted molar refractivity (Wildman–Crippen MR) is 79.2 cm³/mol. The smallest absolute Gasteiger partial charge is 0.267 e. The maximum atomic E-state index is 12.1. The minimum atomic E-state index is -0.541. The molecule has 0 bridgehead atoms. The minimum absolute atomic E-state index is 0.204. The van der Waals surface area contributed by atoms with Crippen LogP contribution in [0.1, 0.15) is 23.9 Å². The van der Waals surface area contributed by atoms with E-state index < -0.39 is 6.10 Å². The van der Waals surface area contributed by atoms with E-state index in [1.165, 1.54) is 11.3 Å². The van der Waals surface area contributed by atoms with Crippen LogP contribution in [0.2, 0.25) is 0 Å². The lowest BCUT2D eigenvalue weighted by atomic mass is 10.2. The number of nitrogens with one attached hydrogen (secondary N) is 1. The Morgan fingerprint density at radius 2 is 2.20 bits per heavy atom. The summed E-state index contributed by atoms with van der Waals surface area (Å²) in [6, 6.07) is 7.64. The van der Waals surface area contributed by atoms with Gasteiger partial charge < -0.3 is 4.74 Å². The first kappa shape index (κ1) is 14.5. The number of anilines is 1. The summed E-state index contributed by atoms with van der Waals surface area (Å²) in [5.41, 5.74) is 1.09. The molecule has 0 aliphatic carbocycles. The summed E-state index contributed by atoms with van der Waals surface area (Å²) >= 11 is 1.34. The molecule has 20 heavy (non-hydrogen) atoms. The van der Waals surface area contributed by atoms with Gasteiger partial charge in [0, 0.05) is 0 Å². The molecular formula is C14H17N3O2S. The molecule has 106 valence electrons. The Morgan fingerprint density at radius 1 is 1.40 bits per heavy atom. The number of amides is 1. The van der Waals surface area contributed by atoms with E-state index in [0.29, 0.717) is 17.3 Å². The molecule has 1 amide bonds. The van der Waals surface area contributed by atoms with Crippen LogP contribution in [-0.4, -0.2) is 22.2 Å². The minimum Gasteiger partial charge on any atom is -0.481 e. The molecule has 2 rings (SSSR count). The zero-order valence-corrected chi connectivity index (χ0v) is 12.5. The van der Waals surface area contributed by atoms with Crippen molar-refractivity contribution < 1.29 is 9.53 Å². The SMILES string of the molecule is CCC(Oc1cccc(C)c1)C(=O)Nc1nnc(C)s1. The van der Waals surface area contributed by atoms with E-state index in [-0.39, 0.29) is 5.91 Å². The van der Waals surface area contributed by atoms with Crippen LogP contribution >= 0.6 is 11.3 Å². The number of benzene rings is 1. The molecule has 1 unspecified atom stereocenters. The molecule has 1 aromatic heterocycles. The lowest BCUT2D eigenvalue weighted by molar-refractivity contribution is -0.122. The largest absolute Gasteiger partial charge is 0.481 e. The number of carbonyl (C=O) groups is 1. The van der Waals surface area contributed by atoms with Gasteiger partial charge in [0.1, 0.15) is 10.8 Å². The summed E-state index contributed by atoms with van der Waals surface area (Å²) in [6.45, 7) is 5.73. The van der Waals surface area contributed by atoms with Crippen LogP contribution in [-0.2, 0) is 4.79 Å². The molecule has 0 saturated heterocycles. The first-order valence-corrected chi connectivity index (χ1v) is 7.24. The van der Waals surface area contributed by atoms with Gasteiger partial charge in [0.2, 0.25) is 5.13 Å². The molecule has 1 atom stereocenters. The lowest BCUT2D eigenvalue weighted by Crippen LogP contribution is -2.32. The molecule has 2 aromatic rings. The molecule has 0 saturated carbocycles. The Morgan fingerprint density at radius 3 is 2.80 bits per heavy atom. The predicted octanol–water partition coefficient (Wildman–Crippen LogP) is 2.95. The highest BCUT2D eigenvalue weighted by Gasteiger charge is 2.19. The summed E-state index contributed by atoms with van der Waals surface area (Å²) in [4.78, 5) is 12.1. The first-order chi connectivity index (χ1) is 9.58. The highest BCUT2D eigenvalue weighted by atomic mass is 32.1. The number of hydrogen-bond donors (Lipinski definition) is 1. The van der Waals surface area contributed by atoms with E-state index in [1.54, 1.807) is 0 Å². The number of carbonyl (C=O) groups excluding carboxylic acids is 1. The Bertz CT molecular complexity index is 598. The molecule has 5 nitrogen and oxygen atoms in total. The van der Waals surface area contributed by atoms with Gasteiger partial charge in [-0.05, 0) is 38.0 Å². The number of ether oxygens (including phenoxy) is 1. The molecule has 1 aromatic carbocycles. The van der Waals surface area contributed by atoms with Gasteiger partial charge in [0.05, 0.1) is 0 Å². The molecule has 1 N–H and O–H groups in total. The van der Waals surface area contributed by atoms with Crippen molar-refractivity contribution in [3.63, 3.8) is 0 Å². The van der Waals surface area contributed by atoms with E-state index in [0.717, 1.165) is 10.6 Å². The number of hydrogen-bond acceptors (Lipinski definition) is 5. The highest BCUT2D eigenvalue weighted by molar-refractivity contribution is 7.15. The maximum Gasteiger partial charge on any atom is 0.267 e. The van der Waals surface area contributed by atoms with Crippen LogP contribution < -0.4 is 10.1 Å². The summed E-state index contributed by atoms with van der Waals surface area (Å²) in [5, 5.41) is 11.8. The van der Waals surface area contributed by atoms with Crippen LogP contribution in [0.4, 0.5) is 5.13 Å². The molecule has 0 aliphatic rings. The van der Waals surface area contributed by atoms with Crippen LogP contribution in [0.15, 0.2) is 24.3 Å². The molecule has 0 aliphatic heterocycles. The Balaban J connectivity index is 2.02. The van der Waals surface area contributed by atoms with E-state index in [1.807, 2.05) is 45.0 Å². The van der Waals surface area contributed by atoms with Gasteiger partial charge in [-0.25, -0.2) is 0 Å². The zero-order chi connectivity index (χ0) is 14.5. The fourth-order valence-electron chi connectivity index (χ4n) is 1.71. The number of nitrogens with zero attached hydrogens (tertiary/aromatic N) is 2. The second-order valence-corrected chi connectivity index (χ2v) is 5.63. The van der Waals surface area contributed by atoms with Gasteiger partial charge in [-0.2, -0.15) is 0 Å². The average Bonchev–Trinajstić information content (AvgIpc) is 2.81. The Hall–Kier alpha value is -1.95. The van der Waals surface area contributed by atoms with E-state index >= 15 is 0 Å². The highest BCUT2D eigenvalue weighted by Crippen LogP contribution is 2.18. The fourth-order valence-corrected chi connectivity index (χ4v) is 2.30. The third-order valence-electron chi connectivity index (χ3n) is 2.69. The van der Waals surface area contributed by atoms with Crippen LogP contribution in [0, 0.1) is 13.8 Å². The first-order valence-electron chi connectivity index (χ1n) is 6.42. The summed E-state index contributed by atoms with van der Waals surface area (Å²) in [5.74, 6) is 0.491. The van der Waals surface area contributed by atoms with E-state index in [2.05, 4.69) is 15.5 Å². The van der Waals surface area contributed by atoms with E-state index in [4.69, 9.17) is 4.74 Å². The fraction of sp³-hybridized carbons (Fsp3) is 0.357. The standard InChI is InChI=1S/C14H17N3O2S/c1-4-12(19-11-7-5-6-9(2)8-11)13(18)15-14-17-16-10(3)20-14/h5-8,12H,4H2,1-3H3,(H,15,17,18). The van der Waals surface area contributed by atoms with Crippen molar-refractivity contribution in [2.45, 2.75) is 33.3 Å². The molecule has 6 heteroatoms. The second-order valence-electron chi connectivity index (χ2n) is 4.45. The summed E-state index contributed by atoms with van der Waals surface area (Å²) in [6.07, 6.45) is 0.0402. The van der Waals surface area contributed by atoms with Crippen molar-refractivity contribution >= 4 is 22.4 Å². The second kappa shape index (κ2) is 6.47. The number of aromatic nitrogens is 2. The van der Waals surface area contributed by atoms with Crippen LogP contribution in [0.5, 0.6) is 5.75 Å². The number of aryl methyl sites for hydroxylation is 2. The monoisotopic (exact) mass is 291 g/mol. The van der Waals surface area contributed by atoms with Gasteiger partial charge in [0.25, 0.3) is 5.91 Å². The lowest BCUT2D eigenvalue weighted by Gasteiger charge is -2.16. The van der Waals surface area contributed by atoms with Crippen molar-refractivity contribution in [3.8, 4) is 5.75 Å². The van der Waals surface area contributed by atoms with E-state index in [9.17, 15) is 4.79 Å². The van der Waals surface area contributed by atoms with Gasteiger partial charge >= 0.3 is 0 Å². The topological polar surface area (TPSA) is 64.1 Å². The van der Waals surface area contributed by atoms with Gasteiger partial charge in [-0.1, -0.05) is 30.4 Å². The molecule has 0 radical (unpaired) electrons. The quantitative estimate of drug-likeness (QED) is 0.920. The van der Waals surface area contributed by atoms with Gasteiger partial charge in [-0.15, -0.1) is 10.2 Å². The average molecular weight is 291 g/mol. The van der Waals surface area contributed by atoms with Crippen molar-refractivity contribution in [1.82, 2.24) is 10.2 Å². The number of rotatable bonds is 5. The maximum absolute atomic E-state index is 12.1. The van der Waals surface area contributed by atoms with Gasteiger partial charge in [-0.3, -0.25) is 10.1 Å². The van der Waals surface area contributed by atoms with Crippen molar-refractivity contribution in [2.24, 2.45) is 0 Å². The van der Waals surface area contributed by atoms with Crippen LogP contribution in [0.3, 0.4) is 0 Å². The normalized spacial score (nSPS) is 11.9. The molecule has 0 fully saturated rings. The summed E-state index contributed by atoms with van der Waals surface area (Å²) in [7, 11) is 0. The summed E-state index contributed by atoms with van der Waals surface area (Å²) < 4.78 is 5.73. The van der Waals surface area contributed by atoms with Gasteiger partial charge in [0.15, 0.2) is 6.10 Å². The van der Waals surface area contributed by atoms with Crippen molar-refractivity contribution in [3.05, 3.63) is 34.8 Å². The zero-order valence-electron chi connectivity index (χ0n) is 11.7. The third kappa shape index (κ3) is 3.77. The Labute approximate surface area is 122 Å². The molecule has 1 heterocycles. The molecule has 0 spiro atoms. The Kier molecular flexibility index (Phi) is 4.68. The third-order valence-corrected chi connectivity index (χ3v) is 3.44. The van der Waals surface area contributed by atoms with Crippen LogP contribution in [0.25, 0.3) is 0 Å².